The summed E-state index contributed by atoms with van der Waals surface area (Å²) in [5.41, 5.74) is 1.53. The Morgan fingerprint density at radius 1 is 1.21 bits per heavy atom. The fraction of sp³-hybridized carbons (Fsp3) is 0.467. The SMILES string of the molecule is CCOC1(OC)CC=C(c2cc(F)cc(F)c2)CC1. The zero-order valence-electron chi connectivity index (χ0n) is 11.2. The summed E-state index contributed by atoms with van der Waals surface area (Å²) in [6, 6.07) is 3.59. The minimum absolute atomic E-state index is 0.552. The predicted octanol–water partition coefficient (Wildman–Crippen LogP) is 3.91. The van der Waals surface area contributed by atoms with Crippen molar-refractivity contribution in [3.63, 3.8) is 0 Å². The monoisotopic (exact) mass is 268 g/mol. The number of hydrogen-bond acceptors (Lipinski definition) is 2. The van der Waals surface area contributed by atoms with Crippen LogP contribution in [0.3, 0.4) is 0 Å². The van der Waals surface area contributed by atoms with Crippen molar-refractivity contribution in [3.05, 3.63) is 41.5 Å². The molecule has 0 aromatic heterocycles. The molecular weight excluding hydrogens is 250 g/mol. The molecule has 1 aliphatic carbocycles. The van der Waals surface area contributed by atoms with Crippen LogP contribution in [0.2, 0.25) is 0 Å². The predicted molar refractivity (Wildman–Crippen MR) is 69.6 cm³/mol. The van der Waals surface area contributed by atoms with Crippen LogP contribution in [0.4, 0.5) is 8.78 Å². The van der Waals surface area contributed by atoms with Crippen LogP contribution in [0.25, 0.3) is 5.57 Å². The number of allylic oxidation sites excluding steroid dienone is 1. The molecule has 104 valence electrons. The molecule has 2 nitrogen and oxygen atoms in total. The summed E-state index contributed by atoms with van der Waals surface area (Å²) >= 11 is 0. The van der Waals surface area contributed by atoms with Crippen LogP contribution in [-0.2, 0) is 9.47 Å². The zero-order chi connectivity index (χ0) is 13.9. The molecule has 0 aliphatic heterocycles. The number of benzene rings is 1. The Kier molecular flexibility index (Phi) is 4.32. The first-order valence-corrected chi connectivity index (χ1v) is 6.43. The molecule has 0 spiro atoms. The highest BCUT2D eigenvalue weighted by Gasteiger charge is 2.32. The lowest BCUT2D eigenvalue weighted by molar-refractivity contribution is -0.222. The average Bonchev–Trinajstić information content (AvgIpc) is 2.39. The molecule has 0 radical (unpaired) electrons. The van der Waals surface area contributed by atoms with Gasteiger partial charge in [0, 0.05) is 32.6 Å². The van der Waals surface area contributed by atoms with Crippen LogP contribution >= 0.6 is 0 Å². The largest absolute Gasteiger partial charge is 0.353 e. The topological polar surface area (TPSA) is 18.5 Å². The molecule has 1 aliphatic rings. The van der Waals surface area contributed by atoms with Gasteiger partial charge in [-0.05, 0) is 36.6 Å². The van der Waals surface area contributed by atoms with E-state index in [4.69, 9.17) is 9.47 Å². The van der Waals surface area contributed by atoms with Gasteiger partial charge in [-0.3, -0.25) is 0 Å². The van der Waals surface area contributed by atoms with Crippen LogP contribution in [0.5, 0.6) is 0 Å². The van der Waals surface area contributed by atoms with E-state index >= 15 is 0 Å². The molecule has 0 amide bonds. The second-order valence-corrected chi connectivity index (χ2v) is 4.64. The van der Waals surface area contributed by atoms with E-state index in [-0.39, 0.29) is 0 Å². The lowest BCUT2D eigenvalue weighted by Crippen LogP contribution is -2.36. The van der Waals surface area contributed by atoms with Gasteiger partial charge in [0.15, 0.2) is 5.79 Å². The van der Waals surface area contributed by atoms with Gasteiger partial charge in [0.05, 0.1) is 0 Å². The Morgan fingerprint density at radius 2 is 1.89 bits per heavy atom. The summed E-state index contributed by atoms with van der Waals surface area (Å²) in [6.07, 6.45) is 3.89. The van der Waals surface area contributed by atoms with E-state index in [9.17, 15) is 8.78 Å². The van der Waals surface area contributed by atoms with Gasteiger partial charge in [0.2, 0.25) is 0 Å². The third kappa shape index (κ3) is 3.19. The summed E-state index contributed by atoms with van der Waals surface area (Å²) in [6.45, 7) is 2.49. The molecule has 0 fully saturated rings. The van der Waals surface area contributed by atoms with Crippen molar-refractivity contribution >= 4 is 5.57 Å². The first-order valence-electron chi connectivity index (χ1n) is 6.43. The van der Waals surface area contributed by atoms with Crippen molar-refractivity contribution in [3.8, 4) is 0 Å². The van der Waals surface area contributed by atoms with Crippen molar-refractivity contribution in [1.29, 1.82) is 0 Å². The van der Waals surface area contributed by atoms with Gasteiger partial charge >= 0.3 is 0 Å². The maximum atomic E-state index is 13.2. The summed E-state index contributed by atoms with van der Waals surface area (Å²) < 4.78 is 37.5. The fourth-order valence-corrected chi connectivity index (χ4v) is 2.45. The van der Waals surface area contributed by atoms with Crippen LogP contribution in [0.1, 0.15) is 31.7 Å². The molecule has 0 saturated carbocycles. The molecule has 1 atom stereocenters. The maximum Gasteiger partial charge on any atom is 0.171 e. The molecule has 1 aromatic carbocycles. The second-order valence-electron chi connectivity index (χ2n) is 4.64. The van der Waals surface area contributed by atoms with Crippen molar-refractivity contribution in [2.24, 2.45) is 0 Å². The van der Waals surface area contributed by atoms with Crippen molar-refractivity contribution < 1.29 is 18.3 Å². The first-order chi connectivity index (χ1) is 9.08. The highest BCUT2D eigenvalue weighted by molar-refractivity contribution is 5.66. The minimum Gasteiger partial charge on any atom is -0.353 e. The lowest BCUT2D eigenvalue weighted by atomic mass is 9.89. The smallest absolute Gasteiger partial charge is 0.171 e. The summed E-state index contributed by atoms with van der Waals surface area (Å²) in [5, 5.41) is 0. The zero-order valence-corrected chi connectivity index (χ0v) is 11.2. The Bertz CT molecular complexity index is 465. The Morgan fingerprint density at radius 3 is 2.37 bits per heavy atom. The highest BCUT2D eigenvalue weighted by atomic mass is 19.1. The number of ether oxygens (including phenoxy) is 2. The van der Waals surface area contributed by atoms with Gasteiger partial charge in [0.1, 0.15) is 11.6 Å². The highest BCUT2D eigenvalue weighted by Crippen LogP contribution is 2.36. The van der Waals surface area contributed by atoms with Crippen LogP contribution in [-0.4, -0.2) is 19.5 Å². The Labute approximate surface area is 112 Å². The van der Waals surface area contributed by atoms with Gasteiger partial charge < -0.3 is 9.47 Å². The molecule has 1 unspecified atom stereocenters. The van der Waals surface area contributed by atoms with E-state index in [2.05, 4.69) is 0 Å². The van der Waals surface area contributed by atoms with E-state index in [0.29, 0.717) is 31.4 Å². The van der Waals surface area contributed by atoms with Crippen molar-refractivity contribution in [1.82, 2.24) is 0 Å². The average molecular weight is 268 g/mol. The second kappa shape index (κ2) is 5.80. The number of methoxy groups -OCH3 is 1. The molecule has 0 heterocycles. The quantitative estimate of drug-likeness (QED) is 0.771. The van der Waals surface area contributed by atoms with Gasteiger partial charge in [-0.2, -0.15) is 0 Å². The standard InChI is InChI=1S/C15H18F2O2/c1-3-19-15(18-2)6-4-11(5-7-15)12-8-13(16)10-14(17)9-12/h4,8-10H,3,5-7H2,1-2H3. The third-order valence-electron chi connectivity index (χ3n) is 3.45. The molecule has 0 bridgehead atoms. The molecule has 0 N–H and O–H groups in total. The van der Waals surface area contributed by atoms with Crippen LogP contribution in [0.15, 0.2) is 24.3 Å². The van der Waals surface area contributed by atoms with Crippen molar-refractivity contribution in [2.45, 2.75) is 32.0 Å². The minimum atomic E-state index is -0.593. The van der Waals surface area contributed by atoms with Gasteiger partial charge in [-0.25, -0.2) is 8.78 Å². The molecular formula is C15H18F2O2. The van der Waals surface area contributed by atoms with Gasteiger partial charge in [-0.1, -0.05) is 6.08 Å². The number of halogens is 2. The summed E-state index contributed by atoms with van der Waals surface area (Å²) in [5.74, 6) is -1.70. The molecule has 0 saturated heterocycles. The fourth-order valence-electron chi connectivity index (χ4n) is 2.45. The number of hydrogen-bond donors (Lipinski definition) is 0. The van der Waals surface area contributed by atoms with E-state index < -0.39 is 17.4 Å². The van der Waals surface area contributed by atoms with Gasteiger partial charge in [-0.15, -0.1) is 0 Å². The first kappa shape index (κ1) is 14.2. The Balaban J connectivity index is 2.20. The third-order valence-corrected chi connectivity index (χ3v) is 3.45. The van der Waals surface area contributed by atoms with Crippen molar-refractivity contribution in [2.75, 3.05) is 13.7 Å². The Hall–Kier alpha value is -1.26. The van der Waals surface area contributed by atoms with Gasteiger partial charge in [0.25, 0.3) is 0 Å². The summed E-state index contributed by atoms with van der Waals surface area (Å²) in [4.78, 5) is 0. The summed E-state index contributed by atoms with van der Waals surface area (Å²) in [7, 11) is 1.62. The normalized spacial score (nSPS) is 23.3. The lowest BCUT2D eigenvalue weighted by Gasteiger charge is -2.34. The van der Waals surface area contributed by atoms with E-state index in [1.165, 1.54) is 12.1 Å². The van der Waals surface area contributed by atoms with Crippen LogP contribution < -0.4 is 0 Å². The number of rotatable bonds is 4. The van der Waals surface area contributed by atoms with E-state index in [1.54, 1.807) is 7.11 Å². The molecule has 19 heavy (non-hydrogen) atoms. The molecule has 1 aromatic rings. The molecule has 2 rings (SSSR count). The van der Waals surface area contributed by atoms with E-state index in [1.807, 2.05) is 13.0 Å². The van der Waals surface area contributed by atoms with E-state index in [0.717, 1.165) is 11.6 Å². The van der Waals surface area contributed by atoms with Crippen LogP contribution in [0, 0.1) is 11.6 Å². The maximum absolute atomic E-state index is 13.2. The molecule has 4 heteroatoms.